The lowest BCUT2D eigenvalue weighted by molar-refractivity contribution is -0.137. The zero-order valence-electron chi connectivity index (χ0n) is 16.8. The molecule has 1 unspecified atom stereocenters. The number of carboxylic acid groups (broad SMARTS) is 1. The highest BCUT2D eigenvalue weighted by molar-refractivity contribution is 5.90. The Morgan fingerprint density at radius 1 is 1.10 bits per heavy atom. The quantitative estimate of drug-likeness (QED) is 0.656. The van der Waals surface area contributed by atoms with Gasteiger partial charge in [-0.25, -0.2) is 0 Å². The van der Waals surface area contributed by atoms with Crippen molar-refractivity contribution in [1.29, 1.82) is 0 Å². The van der Waals surface area contributed by atoms with Crippen LogP contribution in [0.4, 0.5) is 0 Å². The molecule has 0 saturated heterocycles. The predicted molar refractivity (Wildman–Crippen MR) is 118 cm³/mol. The monoisotopic (exact) mass is 387 g/mol. The fraction of sp³-hybridized carbons (Fsp3) is 0.346. The molecule has 150 valence electrons. The van der Waals surface area contributed by atoms with Crippen molar-refractivity contribution < 1.29 is 9.90 Å². The van der Waals surface area contributed by atoms with Crippen LogP contribution in [0, 0.1) is 11.3 Å². The molecule has 2 aromatic carbocycles. The Morgan fingerprint density at radius 3 is 2.41 bits per heavy atom. The van der Waals surface area contributed by atoms with E-state index >= 15 is 0 Å². The Labute approximate surface area is 173 Å². The Kier molecular flexibility index (Phi) is 5.42. The third kappa shape index (κ3) is 3.44. The van der Waals surface area contributed by atoms with Crippen LogP contribution in [0.3, 0.4) is 0 Å². The van der Waals surface area contributed by atoms with Crippen LogP contribution < -0.4 is 5.73 Å². The first kappa shape index (κ1) is 19.7. The molecular formula is C26H29NO2. The van der Waals surface area contributed by atoms with Gasteiger partial charge in [0.15, 0.2) is 0 Å². The van der Waals surface area contributed by atoms with E-state index in [2.05, 4.69) is 55.1 Å². The minimum Gasteiger partial charge on any atom is -0.481 e. The van der Waals surface area contributed by atoms with Gasteiger partial charge in [-0.3, -0.25) is 4.79 Å². The zero-order chi connectivity index (χ0) is 20.4. The standard InChI is InChI=1S/C26H29NO2/c1-18(19-9-4-2-5-10-19)26-16-15-23(27)22(26)17-21(13-8-14-24(28)29)25(26)20-11-6-3-7-12-20/h2-7,9-12,22-23H,1,8,13-17,27H2,(H,28,29)/t22?,23-,26-/m0/s1. The van der Waals surface area contributed by atoms with Crippen LogP contribution in [-0.2, 0) is 4.79 Å². The summed E-state index contributed by atoms with van der Waals surface area (Å²) in [5.41, 5.74) is 12.8. The summed E-state index contributed by atoms with van der Waals surface area (Å²) < 4.78 is 0. The fourth-order valence-corrected chi connectivity index (χ4v) is 5.63. The highest BCUT2D eigenvalue weighted by Crippen LogP contribution is 2.65. The van der Waals surface area contributed by atoms with Gasteiger partial charge in [0, 0.05) is 17.9 Å². The maximum absolute atomic E-state index is 11.1. The average Bonchev–Trinajstić information content (AvgIpc) is 3.23. The molecule has 29 heavy (non-hydrogen) atoms. The highest BCUT2D eigenvalue weighted by atomic mass is 16.4. The molecule has 2 aliphatic rings. The molecule has 0 radical (unpaired) electrons. The van der Waals surface area contributed by atoms with Crippen molar-refractivity contribution in [2.24, 2.45) is 17.1 Å². The molecule has 0 amide bonds. The summed E-state index contributed by atoms with van der Waals surface area (Å²) in [6.07, 6.45) is 4.61. The molecule has 3 N–H and O–H groups in total. The third-order valence-electron chi connectivity index (χ3n) is 6.88. The van der Waals surface area contributed by atoms with Gasteiger partial charge in [-0.15, -0.1) is 0 Å². The normalized spacial score (nSPS) is 25.8. The van der Waals surface area contributed by atoms with Crippen LogP contribution in [0.25, 0.3) is 11.1 Å². The van der Waals surface area contributed by atoms with Gasteiger partial charge in [0.05, 0.1) is 0 Å². The summed E-state index contributed by atoms with van der Waals surface area (Å²) in [5, 5.41) is 9.11. The van der Waals surface area contributed by atoms with Crippen LogP contribution in [0.1, 0.15) is 49.7 Å². The van der Waals surface area contributed by atoms with E-state index < -0.39 is 5.97 Å². The minimum atomic E-state index is -0.731. The lowest BCUT2D eigenvalue weighted by Gasteiger charge is -2.37. The number of hydrogen-bond acceptors (Lipinski definition) is 2. The first-order valence-corrected chi connectivity index (χ1v) is 10.5. The lowest BCUT2D eigenvalue weighted by atomic mass is 9.66. The minimum absolute atomic E-state index is 0.145. The smallest absolute Gasteiger partial charge is 0.303 e. The van der Waals surface area contributed by atoms with Crippen molar-refractivity contribution in [2.45, 2.75) is 44.6 Å². The van der Waals surface area contributed by atoms with E-state index in [1.807, 2.05) is 12.1 Å². The van der Waals surface area contributed by atoms with Gasteiger partial charge in [0.1, 0.15) is 0 Å². The molecule has 1 fully saturated rings. The molecule has 1 saturated carbocycles. The molecule has 0 spiro atoms. The second kappa shape index (κ2) is 8.00. The molecule has 0 bridgehead atoms. The number of allylic oxidation sites excluding steroid dienone is 3. The van der Waals surface area contributed by atoms with E-state index in [4.69, 9.17) is 10.8 Å². The zero-order valence-corrected chi connectivity index (χ0v) is 16.8. The highest BCUT2D eigenvalue weighted by Gasteiger charge is 2.55. The van der Waals surface area contributed by atoms with Crippen LogP contribution in [0.15, 0.2) is 72.8 Å². The second-order valence-corrected chi connectivity index (χ2v) is 8.42. The van der Waals surface area contributed by atoms with Crippen LogP contribution in [0.2, 0.25) is 0 Å². The van der Waals surface area contributed by atoms with Crippen molar-refractivity contribution in [3.05, 3.63) is 83.9 Å². The Hall–Kier alpha value is -2.65. The first-order chi connectivity index (χ1) is 14.0. The summed E-state index contributed by atoms with van der Waals surface area (Å²) in [6, 6.07) is 21.2. The molecule has 0 aliphatic heterocycles. The van der Waals surface area contributed by atoms with E-state index in [-0.39, 0.29) is 17.9 Å². The summed E-state index contributed by atoms with van der Waals surface area (Å²) >= 11 is 0. The van der Waals surface area contributed by atoms with Gasteiger partial charge in [-0.1, -0.05) is 72.8 Å². The van der Waals surface area contributed by atoms with Crippen molar-refractivity contribution in [3.8, 4) is 0 Å². The largest absolute Gasteiger partial charge is 0.481 e. The molecule has 3 heteroatoms. The van der Waals surface area contributed by atoms with E-state index in [1.54, 1.807) is 0 Å². The topological polar surface area (TPSA) is 63.3 Å². The summed E-state index contributed by atoms with van der Waals surface area (Å²) in [4.78, 5) is 11.1. The fourth-order valence-electron chi connectivity index (χ4n) is 5.63. The number of nitrogens with two attached hydrogens (primary N) is 1. The van der Waals surface area contributed by atoms with E-state index in [1.165, 1.54) is 22.3 Å². The van der Waals surface area contributed by atoms with Gasteiger partial charge in [-0.05, 0) is 60.3 Å². The molecule has 0 heterocycles. The number of benzene rings is 2. The van der Waals surface area contributed by atoms with Gasteiger partial charge in [0.2, 0.25) is 0 Å². The number of hydrogen-bond donors (Lipinski definition) is 2. The lowest BCUT2D eigenvalue weighted by Crippen LogP contribution is -2.33. The average molecular weight is 388 g/mol. The van der Waals surface area contributed by atoms with Crippen LogP contribution >= 0.6 is 0 Å². The van der Waals surface area contributed by atoms with Crippen LogP contribution in [0.5, 0.6) is 0 Å². The Bertz CT molecular complexity index is 932. The first-order valence-electron chi connectivity index (χ1n) is 10.5. The Morgan fingerprint density at radius 2 is 1.76 bits per heavy atom. The SMILES string of the molecule is C=C(c1ccccc1)[C@@]12CC[C@H](N)C1CC(CCCC(=O)O)=C2c1ccccc1. The molecule has 3 nitrogen and oxygen atoms in total. The molecular weight excluding hydrogens is 358 g/mol. The maximum atomic E-state index is 11.1. The van der Waals surface area contributed by atoms with E-state index in [0.717, 1.165) is 31.3 Å². The predicted octanol–water partition coefficient (Wildman–Crippen LogP) is 5.54. The number of carboxylic acids is 1. The van der Waals surface area contributed by atoms with E-state index in [0.29, 0.717) is 12.3 Å². The third-order valence-corrected chi connectivity index (χ3v) is 6.88. The summed E-state index contributed by atoms with van der Waals surface area (Å²) in [5.74, 6) is -0.407. The number of aliphatic carboxylic acids is 1. The Balaban J connectivity index is 1.83. The summed E-state index contributed by atoms with van der Waals surface area (Å²) in [7, 11) is 0. The molecule has 2 aromatic rings. The summed E-state index contributed by atoms with van der Waals surface area (Å²) in [6.45, 7) is 4.61. The van der Waals surface area contributed by atoms with Crippen molar-refractivity contribution >= 4 is 17.1 Å². The van der Waals surface area contributed by atoms with Gasteiger partial charge < -0.3 is 10.8 Å². The number of rotatable bonds is 7. The van der Waals surface area contributed by atoms with E-state index in [9.17, 15) is 4.79 Å². The molecule has 3 atom stereocenters. The number of carbonyl (C=O) groups is 1. The van der Waals surface area contributed by atoms with Crippen LogP contribution in [-0.4, -0.2) is 17.1 Å². The van der Waals surface area contributed by atoms with Crippen molar-refractivity contribution in [2.75, 3.05) is 0 Å². The second-order valence-electron chi connectivity index (χ2n) is 8.42. The molecule has 4 rings (SSSR count). The van der Waals surface area contributed by atoms with Gasteiger partial charge in [-0.2, -0.15) is 0 Å². The number of fused-ring (bicyclic) bond motifs is 1. The van der Waals surface area contributed by atoms with Gasteiger partial charge in [0.25, 0.3) is 0 Å². The van der Waals surface area contributed by atoms with Crippen molar-refractivity contribution in [3.63, 3.8) is 0 Å². The maximum Gasteiger partial charge on any atom is 0.303 e. The van der Waals surface area contributed by atoms with Crippen molar-refractivity contribution in [1.82, 2.24) is 0 Å². The van der Waals surface area contributed by atoms with Gasteiger partial charge >= 0.3 is 5.97 Å². The molecule has 0 aromatic heterocycles. The molecule has 2 aliphatic carbocycles.